The summed E-state index contributed by atoms with van der Waals surface area (Å²) in [6, 6.07) is 12.3. The standard InChI is InChI=1S/C24H25ClF2N6O/c25-16-3-1-4-19(14-16)32-24(33-22(34)15-5-10-20(26)21(27)13-15)31-18-8-6-17(7-9-18)30-23-28-11-2-12-29-23/h1-5,10-14,17-18,22,34H,6-9H2,(H,28,29,30)(H2,31,32,33). The normalized spacial score (nSPS) is 19.4. The summed E-state index contributed by atoms with van der Waals surface area (Å²) in [5.74, 6) is -1.10. The molecule has 3 aromatic rings. The fourth-order valence-corrected chi connectivity index (χ4v) is 3.98. The molecular formula is C24H25ClF2N6O. The molecular weight excluding hydrogens is 462 g/mol. The van der Waals surface area contributed by atoms with Gasteiger partial charge in [-0.2, -0.15) is 0 Å². The molecule has 1 aromatic heterocycles. The first-order chi connectivity index (χ1) is 16.5. The lowest BCUT2D eigenvalue weighted by Crippen LogP contribution is -2.36. The van der Waals surface area contributed by atoms with Gasteiger partial charge in [-0.05, 0) is 62.1 Å². The van der Waals surface area contributed by atoms with Crippen LogP contribution in [0.1, 0.15) is 37.5 Å². The van der Waals surface area contributed by atoms with E-state index in [-0.39, 0.29) is 17.6 Å². The van der Waals surface area contributed by atoms with Crippen LogP contribution >= 0.6 is 11.6 Å². The van der Waals surface area contributed by atoms with Gasteiger partial charge in [-0.3, -0.25) is 0 Å². The Bertz CT molecular complexity index is 1130. The third-order valence-corrected chi connectivity index (χ3v) is 5.76. The molecule has 10 heteroatoms. The molecule has 0 aliphatic heterocycles. The fraction of sp³-hybridized carbons (Fsp3) is 0.292. The van der Waals surface area contributed by atoms with Gasteiger partial charge in [0.1, 0.15) is 0 Å². The van der Waals surface area contributed by atoms with Crippen molar-refractivity contribution in [3.8, 4) is 0 Å². The SMILES string of the molecule is OC(NC(=NC1CCC(Nc2ncccn2)CC1)Nc1cccc(Cl)c1)c1ccc(F)c(F)c1. The van der Waals surface area contributed by atoms with Gasteiger partial charge in [-0.25, -0.2) is 23.7 Å². The Morgan fingerprint density at radius 3 is 2.47 bits per heavy atom. The van der Waals surface area contributed by atoms with Crippen LogP contribution in [0.2, 0.25) is 5.02 Å². The van der Waals surface area contributed by atoms with Crippen LogP contribution < -0.4 is 16.0 Å². The highest BCUT2D eigenvalue weighted by Crippen LogP contribution is 2.24. The summed E-state index contributed by atoms with van der Waals surface area (Å²) >= 11 is 6.09. The number of aliphatic hydroxyl groups is 1. The van der Waals surface area contributed by atoms with E-state index in [1.807, 2.05) is 6.07 Å². The molecule has 1 heterocycles. The molecule has 1 aliphatic rings. The molecule has 0 spiro atoms. The van der Waals surface area contributed by atoms with Crippen LogP contribution in [0.15, 0.2) is 65.9 Å². The van der Waals surface area contributed by atoms with Gasteiger partial charge in [0.05, 0.1) is 6.04 Å². The van der Waals surface area contributed by atoms with E-state index >= 15 is 0 Å². The summed E-state index contributed by atoms with van der Waals surface area (Å²) in [5.41, 5.74) is 0.850. The maximum Gasteiger partial charge on any atom is 0.222 e. The monoisotopic (exact) mass is 486 g/mol. The van der Waals surface area contributed by atoms with Crippen molar-refractivity contribution in [2.75, 3.05) is 10.6 Å². The first-order valence-corrected chi connectivity index (χ1v) is 11.4. The third-order valence-electron chi connectivity index (χ3n) is 5.53. The predicted molar refractivity (Wildman–Crippen MR) is 129 cm³/mol. The van der Waals surface area contributed by atoms with Crippen LogP contribution in [0.5, 0.6) is 0 Å². The molecule has 1 unspecified atom stereocenters. The van der Waals surface area contributed by atoms with Gasteiger partial charge in [0.2, 0.25) is 5.95 Å². The minimum atomic E-state index is -1.30. The highest BCUT2D eigenvalue weighted by molar-refractivity contribution is 6.30. The Balaban J connectivity index is 1.45. The average molecular weight is 487 g/mol. The van der Waals surface area contributed by atoms with E-state index < -0.39 is 17.9 Å². The fourth-order valence-electron chi connectivity index (χ4n) is 3.79. The number of halogens is 3. The number of guanidine groups is 1. The molecule has 4 N–H and O–H groups in total. The number of aromatic nitrogens is 2. The van der Waals surface area contributed by atoms with Crippen LogP contribution in [0.25, 0.3) is 0 Å². The Kier molecular flexibility index (Phi) is 7.87. The maximum absolute atomic E-state index is 13.6. The van der Waals surface area contributed by atoms with Crippen LogP contribution in [0, 0.1) is 11.6 Å². The Morgan fingerprint density at radius 2 is 1.76 bits per heavy atom. The molecule has 34 heavy (non-hydrogen) atoms. The first kappa shape index (κ1) is 23.8. The van der Waals surface area contributed by atoms with E-state index in [1.54, 1.807) is 36.7 Å². The number of nitrogens with one attached hydrogen (secondary N) is 3. The second-order valence-electron chi connectivity index (χ2n) is 8.06. The zero-order chi connectivity index (χ0) is 23.9. The summed E-state index contributed by atoms with van der Waals surface area (Å²) in [7, 11) is 0. The van der Waals surface area contributed by atoms with Crippen molar-refractivity contribution >= 4 is 29.2 Å². The van der Waals surface area contributed by atoms with Crippen LogP contribution in [-0.2, 0) is 0 Å². The van der Waals surface area contributed by atoms with Gasteiger partial charge >= 0.3 is 0 Å². The summed E-state index contributed by atoms with van der Waals surface area (Å²) in [6.07, 6.45) is 5.48. The van der Waals surface area contributed by atoms with Crippen LogP contribution in [-0.4, -0.2) is 33.1 Å². The van der Waals surface area contributed by atoms with Crippen LogP contribution in [0.4, 0.5) is 20.4 Å². The number of hydrogen-bond donors (Lipinski definition) is 4. The van der Waals surface area contributed by atoms with Gasteiger partial charge in [0.25, 0.3) is 0 Å². The topological polar surface area (TPSA) is 94.5 Å². The lowest BCUT2D eigenvalue weighted by atomic mass is 9.91. The second-order valence-corrected chi connectivity index (χ2v) is 8.49. The molecule has 1 aliphatic carbocycles. The number of nitrogens with zero attached hydrogens (tertiary/aromatic N) is 3. The average Bonchev–Trinajstić information content (AvgIpc) is 2.83. The van der Waals surface area contributed by atoms with Crippen molar-refractivity contribution in [2.24, 2.45) is 4.99 Å². The molecule has 0 saturated heterocycles. The zero-order valence-corrected chi connectivity index (χ0v) is 19.0. The van der Waals surface area contributed by atoms with Crippen molar-refractivity contribution in [3.05, 3.63) is 83.1 Å². The van der Waals surface area contributed by atoms with Crippen molar-refractivity contribution in [1.29, 1.82) is 0 Å². The van der Waals surface area contributed by atoms with E-state index in [0.717, 1.165) is 37.8 Å². The number of aliphatic imine (C=N–C) groups is 1. The number of rotatable bonds is 6. The van der Waals surface area contributed by atoms with Crippen molar-refractivity contribution in [3.63, 3.8) is 0 Å². The number of aliphatic hydroxyl groups excluding tert-OH is 1. The molecule has 0 amide bonds. The van der Waals surface area contributed by atoms with Gasteiger partial charge in [-0.1, -0.05) is 23.7 Å². The van der Waals surface area contributed by atoms with E-state index in [4.69, 9.17) is 16.6 Å². The largest absolute Gasteiger partial charge is 0.369 e. The van der Waals surface area contributed by atoms with Gasteiger partial charge < -0.3 is 21.1 Å². The molecule has 0 bridgehead atoms. The molecule has 7 nitrogen and oxygen atoms in total. The van der Waals surface area contributed by atoms with Crippen molar-refractivity contribution in [1.82, 2.24) is 15.3 Å². The first-order valence-electron chi connectivity index (χ1n) is 11.0. The number of hydrogen-bond acceptors (Lipinski definition) is 5. The van der Waals surface area contributed by atoms with Gasteiger partial charge in [0.15, 0.2) is 23.8 Å². The smallest absolute Gasteiger partial charge is 0.222 e. The highest BCUT2D eigenvalue weighted by atomic mass is 35.5. The quantitative estimate of drug-likeness (QED) is 0.225. The van der Waals surface area contributed by atoms with Crippen molar-refractivity contribution in [2.45, 2.75) is 44.0 Å². The third kappa shape index (κ3) is 6.61. The van der Waals surface area contributed by atoms with Gasteiger partial charge in [-0.15, -0.1) is 0 Å². The van der Waals surface area contributed by atoms with Crippen LogP contribution in [0.3, 0.4) is 0 Å². The summed E-state index contributed by atoms with van der Waals surface area (Å²) in [5, 5.41) is 20.5. The second kappa shape index (κ2) is 11.2. The van der Waals surface area contributed by atoms with E-state index in [2.05, 4.69) is 25.9 Å². The van der Waals surface area contributed by atoms with E-state index in [1.165, 1.54) is 6.07 Å². The van der Waals surface area contributed by atoms with E-state index in [0.29, 0.717) is 22.6 Å². The van der Waals surface area contributed by atoms with Crippen molar-refractivity contribution < 1.29 is 13.9 Å². The minimum Gasteiger partial charge on any atom is -0.369 e. The maximum atomic E-state index is 13.6. The molecule has 178 valence electrons. The highest BCUT2D eigenvalue weighted by Gasteiger charge is 2.22. The predicted octanol–water partition coefficient (Wildman–Crippen LogP) is 4.88. The molecule has 4 rings (SSSR count). The van der Waals surface area contributed by atoms with Gasteiger partial charge in [0, 0.05) is 34.7 Å². The molecule has 1 saturated carbocycles. The zero-order valence-electron chi connectivity index (χ0n) is 18.3. The minimum absolute atomic E-state index is 0.001000. The molecule has 1 fully saturated rings. The molecule has 1 atom stereocenters. The summed E-state index contributed by atoms with van der Waals surface area (Å²) < 4.78 is 26.9. The Hall–Kier alpha value is -3.30. The lowest BCUT2D eigenvalue weighted by molar-refractivity contribution is 0.162. The molecule has 0 radical (unpaired) electrons. The number of benzene rings is 2. The summed E-state index contributed by atoms with van der Waals surface area (Å²) in [4.78, 5) is 13.2. The Morgan fingerprint density at radius 1 is 1.00 bits per heavy atom. The lowest BCUT2D eigenvalue weighted by Gasteiger charge is -2.28. The summed E-state index contributed by atoms with van der Waals surface area (Å²) in [6.45, 7) is 0. The molecule has 2 aromatic carbocycles. The van der Waals surface area contributed by atoms with E-state index in [9.17, 15) is 13.9 Å². The Labute approximate surface area is 201 Å². The number of anilines is 2.